The van der Waals surface area contributed by atoms with Crippen LogP contribution in [0.5, 0.6) is 11.5 Å². The number of hydrogen-bond acceptors (Lipinski definition) is 6. The predicted octanol–water partition coefficient (Wildman–Crippen LogP) is 5.71. The minimum absolute atomic E-state index is 0.00184. The van der Waals surface area contributed by atoms with E-state index in [1.54, 1.807) is 30.3 Å². The number of carbonyl (C=O) groups is 3. The maximum absolute atomic E-state index is 13.5. The van der Waals surface area contributed by atoms with Crippen molar-refractivity contribution in [2.24, 2.45) is 4.99 Å². The van der Waals surface area contributed by atoms with Crippen LogP contribution < -0.4 is 19.7 Å². The Morgan fingerprint density at radius 1 is 0.930 bits per heavy atom. The summed E-state index contributed by atoms with van der Waals surface area (Å²) in [6.45, 7) is 7.66. The second-order valence-corrected chi connectivity index (χ2v) is 10.6. The lowest BCUT2D eigenvalue weighted by molar-refractivity contribution is -0.132. The van der Waals surface area contributed by atoms with E-state index in [1.807, 2.05) is 55.1 Å². The third kappa shape index (κ3) is 6.71. The van der Waals surface area contributed by atoms with E-state index in [-0.39, 0.29) is 24.3 Å². The summed E-state index contributed by atoms with van der Waals surface area (Å²) in [5.41, 5.74) is 4.05. The normalized spacial score (nSPS) is 16.3. The SMILES string of the molecule is CCOc1cc2c(cc1OCC)C(C(=Nc1ccc(N(CC(=O)N3CCCCC3)C(C)=O)cc1)c1ccccc1)C(=O)N2. The number of amides is 3. The molecule has 3 aromatic rings. The molecule has 3 aromatic carbocycles. The molecule has 0 saturated carbocycles. The molecule has 0 aromatic heterocycles. The third-order valence-electron chi connectivity index (χ3n) is 7.68. The molecule has 0 aliphatic carbocycles. The van der Waals surface area contributed by atoms with Crippen molar-refractivity contribution in [1.82, 2.24) is 4.90 Å². The fourth-order valence-electron chi connectivity index (χ4n) is 5.59. The van der Waals surface area contributed by atoms with Crippen molar-refractivity contribution < 1.29 is 23.9 Å². The van der Waals surface area contributed by atoms with Crippen LogP contribution in [0.2, 0.25) is 0 Å². The molecule has 224 valence electrons. The number of benzene rings is 3. The molecule has 2 heterocycles. The van der Waals surface area contributed by atoms with E-state index in [0.717, 1.165) is 43.5 Å². The van der Waals surface area contributed by atoms with Gasteiger partial charge in [-0.25, -0.2) is 0 Å². The molecule has 0 spiro atoms. The first-order chi connectivity index (χ1) is 20.9. The van der Waals surface area contributed by atoms with Crippen LogP contribution in [0.15, 0.2) is 71.7 Å². The molecular formula is C34H38N4O5. The Morgan fingerprint density at radius 3 is 2.21 bits per heavy atom. The van der Waals surface area contributed by atoms with Gasteiger partial charge in [0.25, 0.3) is 0 Å². The maximum atomic E-state index is 13.5. The Hall–Kier alpha value is -4.66. The molecule has 3 amide bonds. The molecule has 9 nitrogen and oxygen atoms in total. The van der Waals surface area contributed by atoms with Crippen LogP contribution in [0.4, 0.5) is 17.1 Å². The Morgan fingerprint density at radius 2 is 1.58 bits per heavy atom. The average molecular weight is 583 g/mol. The van der Waals surface area contributed by atoms with Crippen molar-refractivity contribution in [3.63, 3.8) is 0 Å². The first-order valence-electron chi connectivity index (χ1n) is 14.9. The highest BCUT2D eigenvalue weighted by Gasteiger charge is 2.37. The van der Waals surface area contributed by atoms with Crippen LogP contribution in [-0.4, -0.2) is 61.2 Å². The third-order valence-corrected chi connectivity index (χ3v) is 7.68. The molecule has 1 N–H and O–H groups in total. The van der Waals surface area contributed by atoms with Gasteiger partial charge in [-0.05, 0) is 74.6 Å². The Bertz CT molecular complexity index is 1500. The zero-order valence-corrected chi connectivity index (χ0v) is 25.0. The van der Waals surface area contributed by atoms with Crippen LogP contribution >= 0.6 is 0 Å². The number of nitrogens with zero attached hydrogens (tertiary/aromatic N) is 3. The number of likely N-dealkylation sites (tertiary alicyclic amines) is 1. The van der Waals surface area contributed by atoms with Crippen molar-refractivity contribution in [1.29, 1.82) is 0 Å². The molecule has 0 radical (unpaired) electrons. The van der Waals surface area contributed by atoms with Crippen molar-refractivity contribution in [3.05, 3.63) is 77.9 Å². The number of piperidine rings is 1. The maximum Gasteiger partial charge on any atom is 0.242 e. The van der Waals surface area contributed by atoms with E-state index in [9.17, 15) is 14.4 Å². The fraction of sp³-hybridized carbons (Fsp3) is 0.353. The summed E-state index contributed by atoms with van der Waals surface area (Å²) in [6.07, 6.45) is 3.11. The molecule has 2 aliphatic heterocycles. The van der Waals surface area contributed by atoms with Crippen molar-refractivity contribution in [3.8, 4) is 11.5 Å². The van der Waals surface area contributed by atoms with Gasteiger partial charge in [-0.2, -0.15) is 0 Å². The lowest BCUT2D eigenvalue weighted by Crippen LogP contribution is -2.44. The van der Waals surface area contributed by atoms with Gasteiger partial charge in [0.15, 0.2) is 11.5 Å². The van der Waals surface area contributed by atoms with Crippen LogP contribution in [0.25, 0.3) is 0 Å². The largest absolute Gasteiger partial charge is 0.490 e. The molecule has 1 fully saturated rings. The Kier molecular flexibility index (Phi) is 9.39. The summed E-state index contributed by atoms with van der Waals surface area (Å²) in [5, 5.41) is 3.00. The molecule has 1 unspecified atom stereocenters. The monoisotopic (exact) mass is 582 g/mol. The molecule has 0 bridgehead atoms. The Balaban J connectivity index is 1.48. The molecule has 1 atom stereocenters. The molecular weight excluding hydrogens is 544 g/mol. The highest BCUT2D eigenvalue weighted by atomic mass is 16.5. The van der Waals surface area contributed by atoms with E-state index in [4.69, 9.17) is 14.5 Å². The van der Waals surface area contributed by atoms with E-state index in [0.29, 0.717) is 47.5 Å². The van der Waals surface area contributed by atoms with Crippen LogP contribution in [-0.2, 0) is 14.4 Å². The number of nitrogens with one attached hydrogen (secondary N) is 1. The van der Waals surface area contributed by atoms with Gasteiger partial charge < -0.3 is 24.6 Å². The summed E-state index contributed by atoms with van der Waals surface area (Å²) >= 11 is 0. The van der Waals surface area contributed by atoms with E-state index >= 15 is 0 Å². The summed E-state index contributed by atoms with van der Waals surface area (Å²) in [4.78, 5) is 47.2. The van der Waals surface area contributed by atoms with Crippen LogP contribution in [0.1, 0.15) is 57.1 Å². The highest BCUT2D eigenvalue weighted by Crippen LogP contribution is 2.43. The van der Waals surface area contributed by atoms with Gasteiger partial charge >= 0.3 is 0 Å². The first kappa shape index (κ1) is 29.8. The molecule has 43 heavy (non-hydrogen) atoms. The summed E-state index contributed by atoms with van der Waals surface area (Å²) in [5.74, 6) is 0.0269. The number of rotatable bonds is 10. The summed E-state index contributed by atoms with van der Waals surface area (Å²) in [7, 11) is 0. The lowest BCUT2D eigenvalue weighted by atomic mass is 9.90. The van der Waals surface area contributed by atoms with Gasteiger partial charge in [0, 0.05) is 37.5 Å². The minimum atomic E-state index is -0.678. The fourth-order valence-corrected chi connectivity index (χ4v) is 5.59. The van der Waals surface area contributed by atoms with E-state index in [2.05, 4.69) is 5.32 Å². The van der Waals surface area contributed by atoms with Crippen molar-refractivity contribution >= 4 is 40.5 Å². The molecule has 2 aliphatic rings. The van der Waals surface area contributed by atoms with Gasteiger partial charge in [-0.15, -0.1) is 0 Å². The zero-order chi connectivity index (χ0) is 30.3. The number of fused-ring (bicyclic) bond motifs is 1. The predicted molar refractivity (Wildman–Crippen MR) is 168 cm³/mol. The molecule has 9 heteroatoms. The first-order valence-corrected chi connectivity index (χ1v) is 14.9. The topological polar surface area (TPSA) is 101 Å². The quantitative estimate of drug-likeness (QED) is 0.309. The van der Waals surface area contributed by atoms with Gasteiger partial charge in [0.2, 0.25) is 17.7 Å². The average Bonchev–Trinajstić information content (AvgIpc) is 3.34. The smallest absolute Gasteiger partial charge is 0.242 e. The van der Waals surface area contributed by atoms with E-state index < -0.39 is 5.92 Å². The molecule has 1 saturated heterocycles. The number of anilines is 2. The van der Waals surface area contributed by atoms with Crippen molar-refractivity contribution in [2.75, 3.05) is 43.1 Å². The Labute approximate surface area is 252 Å². The standard InChI is InChI=1S/C34H38N4O5/c1-4-42-29-20-27-28(21-30(29)43-5-2)36-34(41)32(27)33(24-12-8-6-9-13-24)35-25-14-16-26(17-15-25)38(23(3)39)22-31(40)37-18-10-7-11-19-37/h6,8-9,12-17,20-21,32H,4-5,7,10-11,18-19,22H2,1-3H3,(H,36,41). The zero-order valence-electron chi connectivity index (χ0n) is 25.0. The number of ether oxygens (including phenoxy) is 2. The summed E-state index contributed by atoms with van der Waals surface area (Å²) < 4.78 is 11.6. The van der Waals surface area contributed by atoms with Gasteiger partial charge in [-0.1, -0.05) is 30.3 Å². The van der Waals surface area contributed by atoms with Gasteiger partial charge in [0.1, 0.15) is 12.5 Å². The van der Waals surface area contributed by atoms with E-state index in [1.165, 1.54) is 11.8 Å². The van der Waals surface area contributed by atoms with Crippen LogP contribution in [0, 0.1) is 0 Å². The second-order valence-electron chi connectivity index (χ2n) is 10.6. The highest BCUT2D eigenvalue weighted by molar-refractivity contribution is 6.24. The summed E-state index contributed by atoms with van der Waals surface area (Å²) in [6, 6.07) is 20.5. The molecule has 5 rings (SSSR count). The number of carbonyl (C=O) groups excluding carboxylic acids is 3. The van der Waals surface area contributed by atoms with Crippen LogP contribution in [0.3, 0.4) is 0 Å². The second kappa shape index (κ2) is 13.5. The van der Waals surface area contributed by atoms with Gasteiger partial charge in [0.05, 0.1) is 24.6 Å². The minimum Gasteiger partial charge on any atom is -0.490 e. The van der Waals surface area contributed by atoms with Crippen molar-refractivity contribution in [2.45, 2.75) is 46.0 Å². The number of aliphatic imine (C=N–C) groups is 1. The number of hydrogen-bond donors (Lipinski definition) is 1. The van der Waals surface area contributed by atoms with Gasteiger partial charge in [-0.3, -0.25) is 19.4 Å². The lowest BCUT2D eigenvalue weighted by Gasteiger charge is -2.29.